The van der Waals surface area contributed by atoms with E-state index in [4.69, 9.17) is 11.6 Å². The number of carbonyl (C=O) groups is 1. The lowest BCUT2D eigenvalue weighted by Crippen LogP contribution is -2.14. The molecule has 0 aliphatic rings. The third kappa shape index (κ3) is 4.44. The van der Waals surface area contributed by atoms with Crippen LogP contribution in [-0.4, -0.2) is 16.6 Å². The number of carbonyl (C=O) groups excluding carboxylic acids is 1. The van der Waals surface area contributed by atoms with E-state index in [1.54, 1.807) is 30.3 Å². The molecule has 0 spiro atoms. The van der Waals surface area contributed by atoms with Gasteiger partial charge in [-0.15, -0.1) is 11.8 Å². The molecule has 0 aliphatic heterocycles. The first kappa shape index (κ1) is 17.6. The van der Waals surface area contributed by atoms with Crippen molar-refractivity contribution >= 4 is 45.9 Å². The van der Waals surface area contributed by atoms with Gasteiger partial charge < -0.3 is 10.3 Å². The molecule has 0 aliphatic carbocycles. The molecular weight excluding hydrogens is 356 g/mol. The summed E-state index contributed by atoms with van der Waals surface area (Å²) in [5.74, 6) is 0.774. The molecule has 3 rings (SSSR count). The van der Waals surface area contributed by atoms with Crippen LogP contribution in [0, 0.1) is 6.92 Å². The number of aromatic nitrogens is 1. The Balaban J connectivity index is 1.61. The number of anilines is 1. The topological polar surface area (TPSA) is 62.0 Å². The summed E-state index contributed by atoms with van der Waals surface area (Å²) in [4.78, 5) is 27.5. The maximum Gasteiger partial charge on any atom is 0.234 e. The number of hydrogen-bond acceptors (Lipinski definition) is 3. The molecule has 128 valence electrons. The van der Waals surface area contributed by atoms with E-state index in [1.807, 2.05) is 25.1 Å². The Bertz CT molecular complexity index is 967. The molecule has 0 atom stereocenters. The van der Waals surface area contributed by atoms with Gasteiger partial charge >= 0.3 is 0 Å². The Morgan fingerprint density at radius 2 is 1.96 bits per heavy atom. The number of thioether (sulfide) groups is 1. The van der Waals surface area contributed by atoms with E-state index in [2.05, 4.69) is 10.3 Å². The Kier molecular flexibility index (Phi) is 5.46. The number of hydrogen-bond donors (Lipinski definition) is 2. The van der Waals surface area contributed by atoms with Gasteiger partial charge in [0, 0.05) is 33.6 Å². The molecule has 2 aromatic carbocycles. The molecule has 1 heterocycles. The number of rotatable bonds is 5. The van der Waals surface area contributed by atoms with Crippen LogP contribution in [0.5, 0.6) is 0 Å². The van der Waals surface area contributed by atoms with Gasteiger partial charge in [-0.1, -0.05) is 23.7 Å². The first-order chi connectivity index (χ1) is 12.0. The summed E-state index contributed by atoms with van der Waals surface area (Å²) < 4.78 is 0. The number of nitrogens with one attached hydrogen (secondary N) is 2. The molecule has 6 heteroatoms. The summed E-state index contributed by atoms with van der Waals surface area (Å²) in [7, 11) is 0. The minimum atomic E-state index is -0.0911. The average Bonchev–Trinajstić information content (AvgIpc) is 2.58. The number of para-hydroxylation sites is 1. The molecule has 3 aromatic rings. The zero-order valence-corrected chi connectivity index (χ0v) is 15.2. The predicted octanol–water partition coefficient (Wildman–Crippen LogP) is 4.36. The zero-order valence-electron chi connectivity index (χ0n) is 13.6. The summed E-state index contributed by atoms with van der Waals surface area (Å²) in [6.07, 6.45) is 0. The summed E-state index contributed by atoms with van der Waals surface area (Å²) in [5.41, 5.74) is 3.41. The van der Waals surface area contributed by atoms with E-state index in [0.29, 0.717) is 27.6 Å². The largest absolute Gasteiger partial charge is 0.357 e. The van der Waals surface area contributed by atoms with E-state index in [9.17, 15) is 9.59 Å². The summed E-state index contributed by atoms with van der Waals surface area (Å²) in [6, 6.07) is 14.2. The minimum absolute atomic E-state index is 0.00124. The Morgan fingerprint density at radius 3 is 2.72 bits per heavy atom. The first-order valence-corrected chi connectivity index (χ1v) is 9.31. The lowest BCUT2D eigenvalue weighted by molar-refractivity contribution is -0.113. The van der Waals surface area contributed by atoms with Crippen LogP contribution >= 0.6 is 23.4 Å². The second kappa shape index (κ2) is 7.76. The number of aromatic amines is 1. The van der Waals surface area contributed by atoms with Gasteiger partial charge in [0.1, 0.15) is 0 Å². The number of aryl methyl sites for hydroxylation is 1. The van der Waals surface area contributed by atoms with Gasteiger partial charge in [-0.3, -0.25) is 9.59 Å². The van der Waals surface area contributed by atoms with Gasteiger partial charge in [-0.25, -0.2) is 0 Å². The number of fused-ring (bicyclic) bond motifs is 1. The van der Waals surface area contributed by atoms with Crippen LogP contribution in [0.2, 0.25) is 5.02 Å². The van der Waals surface area contributed by atoms with Gasteiger partial charge in [-0.2, -0.15) is 0 Å². The van der Waals surface area contributed by atoms with E-state index < -0.39 is 0 Å². The Morgan fingerprint density at radius 1 is 1.20 bits per heavy atom. The number of halogens is 1. The van der Waals surface area contributed by atoms with Crippen molar-refractivity contribution in [2.24, 2.45) is 0 Å². The smallest absolute Gasteiger partial charge is 0.234 e. The molecule has 1 amide bonds. The Hall–Kier alpha value is -2.24. The molecule has 0 saturated carbocycles. The second-order valence-corrected chi connectivity index (χ2v) is 7.13. The zero-order chi connectivity index (χ0) is 17.8. The lowest BCUT2D eigenvalue weighted by atomic mass is 10.1. The van der Waals surface area contributed by atoms with Gasteiger partial charge in [0.05, 0.1) is 11.3 Å². The van der Waals surface area contributed by atoms with E-state index in [1.165, 1.54) is 11.8 Å². The molecule has 4 nitrogen and oxygen atoms in total. The molecule has 1 aromatic heterocycles. The van der Waals surface area contributed by atoms with Gasteiger partial charge in [0.2, 0.25) is 5.91 Å². The molecule has 0 unspecified atom stereocenters. The van der Waals surface area contributed by atoms with Crippen molar-refractivity contribution in [1.29, 1.82) is 0 Å². The van der Waals surface area contributed by atoms with Gasteiger partial charge in [-0.05, 0) is 42.8 Å². The van der Waals surface area contributed by atoms with Crippen LogP contribution in [0.15, 0.2) is 53.3 Å². The fourth-order valence-corrected chi connectivity index (χ4v) is 3.39. The molecule has 0 radical (unpaired) electrons. The van der Waals surface area contributed by atoms with Crippen molar-refractivity contribution in [1.82, 2.24) is 4.98 Å². The number of H-pyrrole nitrogens is 1. The summed E-state index contributed by atoms with van der Waals surface area (Å²) in [6.45, 7) is 1.97. The van der Waals surface area contributed by atoms with Crippen LogP contribution in [0.1, 0.15) is 11.3 Å². The average molecular weight is 373 g/mol. The van der Waals surface area contributed by atoms with E-state index in [-0.39, 0.29) is 11.3 Å². The van der Waals surface area contributed by atoms with Crippen LogP contribution in [-0.2, 0) is 10.5 Å². The second-order valence-electron chi connectivity index (χ2n) is 5.70. The highest BCUT2D eigenvalue weighted by Gasteiger charge is 2.06. The third-order valence-electron chi connectivity index (χ3n) is 3.75. The SMILES string of the molecule is Cc1cccc2c(=O)cc(CSCC(=O)Nc3ccc(Cl)cc3)[nH]c12. The molecule has 2 N–H and O–H groups in total. The monoisotopic (exact) mass is 372 g/mol. The highest BCUT2D eigenvalue weighted by atomic mass is 35.5. The van der Waals surface area contributed by atoms with Crippen LogP contribution in [0.4, 0.5) is 5.69 Å². The minimum Gasteiger partial charge on any atom is -0.357 e. The van der Waals surface area contributed by atoms with Crippen molar-refractivity contribution in [3.05, 3.63) is 75.0 Å². The first-order valence-electron chi connectivity index (χ1n) is 7.77. The molecule has 25 heavy (non-hydrogen) atoms. The predicted molar refractivity (Wildman–Crippen MR) is 106 cm³/mol. The molecule has 0 fully saturated rings. The lowest BCUT2D eigenvalue weighted by Gasteiger charge is -2.07. The van der Waals surface area contributed by atoms with Gasteiger partial charge in [0.25, 0.3) is 0 Å². The van der Waals surface area contributed by atoms with E-state index in [0.717, 1.165) is 16.8 Å². The fraction of sp³-hybridized carbons (Fsp3) is 0.158. The highest BCUT2D eigenvalue weighted by Crippen LogP contribution is 2.17. The standard InChI is InChI=1S/C19H17ClN2O2S/c1-12-3-2-4-16-17(23)9-15(22-19(12)16)10-25-11-18(24)21-14-7-5-13(20)6-8-14/h2-9H,10-11H2,1H3,(H,21,24)(H,22,23). The summed E-state index contributed by atoms with van der Waals surface area (Å²) >= 11 is 7.27. The molecular formula is C19H17ClN2O2S. The number of amides is 1. The molecule has 0 bridgehead atoms. The normalized spacial score (nSPS) is 10.8. The third-order valence-corrected chi connectivity index (χ3v) is 4.98. The Labute approximate surface area is 154 Å². The quantitative estimate of drug-likeness (QED) is 0.699. The summed E-state index contributed by atoms with van der Waals surface area (Å²) in [5, 5.41) is 4.13. The van der Waals surface area contributed by atoms with Gasteiger partial charge in [0.15, 0.2) is 5.43 Å². The van der Waals surface area contributed by atoms with Crippen LogP contribution < -0.4 is 10.7 Å². The fourth-order valence-electron chi connectivity index (χ4n) is 2.53. The van der Waals surface area contributed by atoms with Crippen LogP contribution in [0.3, 0.4) is 0 Å². The highest BCUT2D eigenvalue weighted by molar-refractivity contribution is 7.99. The van der Waals surface area contributed by atoms with Crippen molar-refractivity contribution in [3.8, 4) is 0 Å². The van der Waals surface area contributed by atoms with E-state index >= 15 is 0 Å². The van der Waals surface area contributed by atoms with Crippen molar-refractivity contribution in [2.75, 3.05) is 11.1 Å². The number of benzene rings is 2. The van der Waals surface area contributed by atoms with Crippen molar-refractivity contribution in [3.63, 3.8) is 0 Å². The number of pyridine rings is 1. The molecule has 0 saturated heterocycles. The van der Waals surface area contributed by atoms with Crippen molar-refractivity contribution in [2.45, 2.75) is 12.7 Å². The van der Waals surface area contributed by atoms with Crippen LogP contribution in [0.25, 0.3) is 10.9 Å². The maximum atomic E-state index is 12.2. The van der Waals surface area contributed by atoms with Crippen molar-refractivity contribution < 1.29 is 4.79 Å². The maximum absolute atomic E-state index is 12.2.